The monoisotopic (exact) mass is 378 g/mol. The first-order valence-corrected chi connectivity index (χ1v) is 9.06. The lowest BCUT2D eigenvalue weighted by Crippen LogP contribution is -2.56. The summed E-state index contributed by atoms with van der Waals surface area (Å²) in [5, 5.41) is 5.13. The van der Waals surface area contributed by atoms with Gasteiger partial charge in [-0.15, -0.1) is 0 Å². The van der Waals surface area contributed by atoms with Crippen LogP contribution in [-0.2, 0) is 4.79 Å². The Bertz CT molecular complexity index is 1090. The number of aromatic nitrogens is 2. The van der Waals surface area contributed by atoms with Crippen molar-refractivity contribution >= 4 is 40.0 Å². The average molecular weight is 379 g/mol. The van der Waals surface area contributed by atoms with Gasteiger partial charge in [-0.3, -0.25) is 14.8 Å². The van der Waals surface area contributed by atoms with E-state index in [9.17, 15) is 9.59 Å². The Labute approximate surface area is 160 Å². The quantitative estimate of drug-likeness (QED) is 0.690. The lowest BCUT2D eigenvalue weighted by molar-refractivity contribution is -0.125. The number of anilines is 1. The van der Waals surface area contributed by atoms with Crippen LogP contribution in [0.1, 0.15) is 24.3 Å². The highest BCUT2D eigenvalue weighted by Gasteiger charge is 2.59. The van der Waals surface area contributed by atoms with E-state index in [2.05, 4.69) is 15.3 Å². The zero-order valence-corrected chi connectivity index (χ0v) is 15.0. The molecule has 1 aliphatic heterocycles. The summed E-state index contributed by atoms with van der Waals surface area (Å²) in [6.45, 7) is 0. The number of hydrogen-bond donors (Lipinski definition) is 1. The number of imide groups is 1. The minimum absolute atomic E-state index is 0.151. The van der Waals surface area contributed by atoms with Gasteiger partial charge in [-0.25, -0.2) is 9.69 Å². The molecule has 0 radical (unpaired) electrons. The van der Waals surface area contributed by atoms with Gasteiger partial charge >= 0.3 is 6.03 Å². The highest BCUT2D eigenvalue weighted by molar-refractivity contribution is 6.31. The maximum absolute atomic E-state index is 13.2. The minimum atomic E-state index is -0.865. The highest BCUT2D eigenvalue weighted by atomic mass is 35.5. The van der Waals surface area contributed by atoms with Crippen molar-refractivity contribution in [2.45, 2.75) is 24.3 Å². The highest BCUT2D eigenvalue weighted by Crippen LogP contribution is 2.50. The van der Waals surface area contributed by atoms with E-state index in [-0.39, 0.29) is 11.8 Å². The predicted octanol–water partition coefficient (Wildman–Crippen LogP) is 3.66. The second-order valence-corrected chi connectivity index (χ2v) is 7.44. The van der Waals surface area contributed by atoms with Crippen molar-refractivity contribution in [2.75, 3.05) is 4.90 Å². The van der Waals surface area contributed by atoms with Gasteiger partial charge in [-0.1, -0.05) is 29.8 Å². The standard InChI is InChI=1S/C20H15ClN4O2/c21-16-4-2-1-3-14(16)12-7-20(8-12)18(26)25(19(27)24-20)17-11-23-10-13-9-22-6-5-15(13)17/h1-6,9-12H,7-8H2,(H,24,27). The van der Waals surface area contributed by atoms with Crippen LogP contribution in [0.2, 0.25) is 5.02 Å². The number of fused-ring (bicyclic) bond motifs is 1. The first-order valence-electron chi connectivity index (χ1n) is 8.68. The van der Waals surface area contributed by atoms with Crippen LogP contribution in [0.3, 0.4) is 0 Å². The summed E-state index contributed by atoms with van der Waals surface area (Å²) in [5.41, 5.74) is 0.634. The van der Waals surface area contributed by atoms with Crippen LogP contribution < -0.4 is 10.2 Å². The first kappa shape index (κ1) is 16.2. The van der Waals surface area contributed by atoms with Gasteiger partial charge in [0.2, 0.25) is 0 Å². The van der Waals surface area contributed by atoms with Gasteiger partial charge < -0.3 is 5.32 Å². The molecule has 134 valence electrons. The third-order valence-electron chi connectivity index (χ3n) is 5.48. The van der Waals surface area contributed by atoms with Crippen molar-refractivity contribution in [1.82, 2.24) is 15.3 Å². The van der Waals surface area contributed by atoms with Gasteiger partial charge in [0, 0.05) is 34.4 Å². The average Bonchev–Trinajstić information content (AvgIpc) is 2.91. The predicted molar refractivity (Wildman–Crippen MR) is 102 cm³/mol. The molecular weight excluding hydrogens is 364 g/mol. The second kappa shape index (κ2) is 5.76. The van der Waals surface area contributed by atoms with Crippen molar-refractivity contribution in [3.63, 3.8) is 0 Å². The Morgan fingerprint density at radius 1 is 1.07 bits per heavy atom. The molecule has 1 N–H and O–H groups in total. The van der Waals surface area contributed by atoms with Crippen LogP contribution in [0, 0.1) is 0 Å². The molecule has 6 nitrogen and oxygen atoms in total. The molecule has 1 saturated carbocycles. The maximum Gasteiger partial charge on any atom is 0.329 e. The van der Waals surface area contributed by atoms with Gasteiger partial charge in [0.15, 0.2) is 0 Å². The summed E-state index contributed by atoms with van der Waals surface area (Å²) < 4.78 is 0. The van der Waals surface area contributed by atoms with Crippen LogP contribution >= 0.6 is 11.6 Å². The molecule has 27 heavy (non-hydrogen) atoms. The zero-order valence-electron chi connectivity index (χ0n) is 14.2. The van der Waals surface area contributed by atoms with E-state index >= 15 is 0 Å². The molecule has 3 amide bonds. The number of urea groups is 1. The third kappa shape index (κ3) is 2.33. The molecular formula is C20H15ClN4O2. The number of pyridine rings is 2. The number of nitrogens with one attached hydrogen (secondary N) is 1. The van der Waals surface area contributed by atoms with Gasteiger partial charge in [0.05, 0.1) is 11.9 Å². The topological polar surface area (TPSA) is 75.2 Å². The smallest absolute Gasteiger partial charge is 0.323 e. The van der Waals surface area contributed by atoms with E-state index in [0.29, 0.717) is 23.6 Å². The number of amides is 3. The largest absolute Gasteiger partial charge is 0.329 e. The molecule has 3 aromatic rings. The number of rotatable bonds is 2. The molecule has 2 aromatic heterocycles. The number of benzene rings is 1. The van der Waals surface area contributed by atoms with Gasteiger partial charge in [-0.2, -0.15) is 0 Å². The molecule has 7 heteroatoms. The molecule has 0 atom stereocenters. The zero-order chi connectivity index (χ0) is 18.6. The number of carbonyl (C=O) groups excluding carboxylic acids is 2. The molecule has 2 fully saturated rings. The summed E-state index contributed by atoms with van der Waals surface area (Å²) >= 11 is 6.28. The lowest BCUT2D eigenvalue weighted by atomic mass is 9.65. The molecule has 1 saturated heterocycles. The van der Waals surface area contributed by atoms with Crippen LogP contribution in [0.5, 0.6) is 0 Å². The summed E-state index contributed by atoms with van der Waals surface area (Å²) in [5.74, 6) is -0.0836. The molecule has 1 spiro atoms. The van der Waals surface area contributed by atoms with Crippen molar-refractivity contribution in [3.8, 4) is 0 Å². The van der Waals surface area contributed by atoms with E-state index in [1.807, 2.05) is 24.3 Å². The summed E-state index contributed by atoms with van der Waals surface area (Å²) in [6, 6.07) is 9.00. The van der Waals surface area contributed by atoms with E-state index in [1.54, 1.807) is 30.9 Å². The Morgan fingerprint density at radius 2 is 1.85 bits per heavy atom. The van der Waals surface area contributed by atoms with Crippen LogP contribution in [0.25, 0.3) is 10.8 Å². The summed E-state index contributed by atoms with van der Waals surface area (Å²) in [7, 11) is 0. The SMILES string of the molecule is O=C1NC2(CC(c3ccccc3Cl)C2)C(=O)N1c1cncc2cnccc12. The summed E-state index contributed by atoms with van der Waals surface area (Å²) in [4.78, 5) is 35.3. The lowest BCUT2D eigenvalue weighted by Gasteiger charge is -2.43. The Kier molecular flexibility index (Phi) is 3.45. The molecule has 1 aliphatic carbocycles. The fourth-order valence-corrected chi connectivity index (χ4v) is 4.39. The fraction of sp³-hybridized carbons (Fsp3) is 0.200. The third-order valence-corrected chi connectivity index (χ3v) is 5.82. The van der Waals surface area contributed by atoms with Crippen molar-refractivity contribution < 1.29 is 9.59 Å². The number of nitrogens with zero attached hydrogens (tertiary/aromatic N) is 3. The van der Waals surface area contributed by atoms with Crippen molar-refractivity contribution in [1.29, 1.82) is 0 Å². The number of carbonyl (C=O) groups is 2. The van der Waals surface area contributed by atoms with Crippen LogP contribution in [0.15, 0.2) is 55.1 Å². The molecule has 0 bridgehead atoms. The van der Waals surface area contributed by atoms with Crippen molar-refractivity contribution in [3.05, 3.63) is 65.7 Å². The Hall–Kier alpha value is -2.99. The first-order chi connectivity index (χ1) is 13.1. The molecule has 1 aromatic carbocycles. The minimum Gasteiger partial charge on any atom is -0.323 e. The Balaban J connectivity index is 1.47. The van der Waals surface area contributed by atoms with Crippen molar-refractivity contribution in [2.24, 2.45) is 0 Å². The molecule has 3 heterocycles. The summed E-state index contributed by atoms with van der Waals surface area (Å²) in [6.07, 6.45) is 7.59. The maximum atomic E-state index is 13.2. The Morgan fingerprint density at radius 3 is 2.67 bits per heavy atom. The van der Waals surface area contributed by atoms with E-state index in [4.69, 9.17) is 11.6 Å². The number of halogens is 1. The van der Waals surface area contributed by atoms with E-state index in [0.717, 1.165) is 16.3 Å². The fourth-order valence-electron chi connectivity index (χ4n) is 4.10. The van der Waals surface area contributed by atoms with Gasteiger partial charge in [0.25, 0.3) is 5.91 Å². The van der Waals surface area contributed by atoms with Crippen LogP contribution in [0.4, 0.5) is 10.5 Å². The molecule has 5 rings (SSSR count). The normalized spacial score (nSPS) is 24.3. The molecule has 0 unspecified atom stereocenters. The van der Waals surface area contributed by atoms with Crippen LogP contribution in [-0.4, -0.2) is 27.4 Å². The van der Waals surface area contributed by atoms with Gasteiger partial charge in [-0.05, 0) is 36.5 Å². The number of hydrogen-bond acceptors (Lipinski definition) is 4. The molecule has 2 aliphatic rings. The second-order valence-electron chi connectivity index (χ2n) is 7.03. The van der Waals surface area contributed by atoms with E-state index < -0.39 is 11.6 Å². The van der Waals surface area contributed by atoms with Gasteiger partial charge in [0.1, 0.15) is 5.54 Å². The van der Waals surface area contributed by atoms with E-state index in [1.165, 1.54) is 4.90 Å².